The summed E-state index contributed by atoms with van der Waals surface area (Å²) in [5.74, 6) is -0.753. The first-order valence-corrected chi connectivity index (χ1v) is 12.9. The summed E-state index contributed by atoms with van der Waals surface area (Å²) in [6.07, 6.45) is 13.9. The summed E-state index contributed by atoms with van der Waals surface area (Å²) in [5, 5.41) is 3.07. The molecule has 1 aromatic carbocycles. The van der Waals surface area contributed by atoms with Gasteiger partial charge in [-0.05, 0) is 48.9 Å². The first-order chi connectivity index (χ1) is 17.6. The van der Waals surface area contributed by atoms with Crippen LogP contribution >= 0.6 is 0 Å². The molecular weight excluding hydrogens is 452 g/mol. The number of nitrogens with zero attached hydrogens (tertiary/aromatic N) is 3. The number of aromatic nitrogens is 2. The molecule has 7 nitrogen and oxygen atoms in total. The summed E-state index contributed by atoms with van der Waals surface area (Å²) >= 11 is 0. The molecular formula is C29H32N4O3. The van der Waals surface area contributed by atoms with E-state index in [2.05, 4.69) is 10.3 Å². The molecule has 1 aliphatic carbocycles. The molecule has 1 saturated carbocycles. The van der Waals surface area contributed by atoms with Crippen LogP contribution in [0.5, 0.6) is 0 Å². The van der Waals surface area contributed by atoms with Gasteiger partial charge in [0.25, 0.3) is 11.8 Å². The third-order valence-electron chi connectivity index (χ3n) is 7.36. The number of benzene rings is 1. The topological polar surface area (TPSA) is 84.3 Å². The number of likely N-dealkylation sites (tertiary alicyclic amines) is 1. The van der Waals surface area contributed by atoms with Gasteiger partial charge in [-0.3, -0.25) is 19.4 Å². The van der Waals surface area contributed by atoms with Crippen molar-refractivity contribution in [2.24, 2.45) is 0 Å². The maximum atomic E-state index is 13.7. The standard InChI is InChI=1S/C29H32N4O3/c34-27-24(28(35)31-26(21-9-3-1-4-10-21)22-13-15-30-16-14-22)19-33(23-11-5-2-6-12-23)20-25(27)29(36)32-17-7-8-18-32/h1,3-4,9-10,13-16,19-20,23,26H,2,5-8,11-12,17-18H2,(H,31,35). The van der Waals surface area contributed by atoms with Gasteiger partial charge in [-0.25, -0.2) is 0 Å². The van der Waals surface area contributed by atoms with Crippen LogP contribution in [0.1, 0.15) is 88.9 Å². The van der Waals surface area contributed by atoms with Crippen molar-refractivity contribution in [1.29, 1.82) is 0 Å². The van der Waals surface area contributed by atoms with Crippen molar-refractivity contribution in [3.8, 4) is 0 Å². The summed E-state index contributed by atoms with van der Waals surface area (Å²) in [6, 6.07) is 13.1. The highest BCUT2D eigenvalue weighted by Crippen LogP contribution is 2.29. The normalized spacial score (nSPS) is 17.1. The smallest absolute Gasteiger partial charge is 0.259 e. The first kappa shape index (κ1) is 24.0. The molecule has 1 N–H and O–H groups in total. The molecule has 1 aliphatic heterocycles. The number of amides is 2. The van der Waals surface area contributed by atoms with E-state index >= 15 is 0 Å². The van der Waals surface area contributed by atoms with Crippen LogP contribution in [0.4, 0.5) is 0 Å². The molecule has 36 heavy (non-hydrogen) atoms. The van der Waals surface area contributed by atoms with Crippen LogP contribution in [0.25, 0.3) is 0 Å². The Morgan fingerprint density at radius 1 is 0.833 bits per heavy atom. The molecule has 186 valence electrons. The largest absolute Gasteiger partial charge is 0.349 e. The lowest BCUT2D eigenvalue weighted by Gasteiger charge is -2.26. The highest BCUT2D eigenvalue weighted by Gasteiger charge is 2.28. The van der Waals surface area contributed by atoms with E-state index in [1.54, 1.807) is 29.7 Å². The lowest BCUT2D eigenvalue weighted by Crippen LogP contribution is -2.38. The van der Waals surface area contributed by atoms with Gasteiger partial charge in [0.1, 0.15) is 11.1 Å². The summed E-state index contributed by atoms with van der Waals surface area (Å²) in [4.78, 5) is 46.4. The second-order valence-electron chi connectivity index (χ2n) is 9.75. The molecule has 3 heterocycles. The minimum atomic E-state index is -0.502. The summed E-state index contributed by atoms with van der Waals surface area (Å²) in [7, 11) is 0. The first-order valence-electron chi connectivity index (χ1n) is 12.9. The van der Waals surface area contributed by atoms with Crippen LogP contribution in [0.15, 0.2) is 72.0 Å². The Bertz CT molecular complexity index is 1220. The van der Waals surface area contributed by atoms with Gasteiger partial charge in [-0.2, -0.15) is 0 Å². The average molecular weight is 485 g/mol. The van der Waals surface area contributed by atoms with Crippen molar-refractivity contribution in [2.45, 2.75) is 57.0 Å². The maximum absolute atomic E-state index is 13.7. The van der Waals surface area contributed by atoms with E-state index in [-0.39, 0.29) is 23.1 Å². The molecule has 5 rings (SSSR count). The van der Waals surface area contributed by atoms with Gasteiger partial charge in [-0.15, -0.1) is 0 Å². The fourth-order valence-electron chi connectivity index (χ4n) is 5.36. The third kappa shape index (κ3) is 5.10. The molecule has 7 heteroatoms. The quantitative estimate of drug-likeness (QED) is 0.558. The molecule has 2 aliphatic rings. The molecule has 3 aromatic rings. The van der Waals surface area contributed by atoms with E-state index in [0.29, 0.717) is 13.1 Å². The van der Waals surface area contributed by atoms with Gasteiger partial charge in [0, 0.05) is 43.9 Å². The average Bonchev–Trinajstić information content (AvgIpc) is 3.48. The number of carbonyl (C=O) groups excluding carboxylic acids is 2. The monoisotopic (exact) mass is 484 g/mol. The minimum absolute atomic E-state index is 0.0145. The van der Waals surface area contributed by atoms with Crippen molar-refractivity contribution in [3.63, 3.8) is 0 Å². The summed E-state index contributed by atoms with van der Waals surface area (Å²) in [6.45, 7) is 1.30. The van der Waals surface area contributed by atoms with Crippen molar-refractivity contribution in [3.05, 3.63) is 99.7 Å². The Labute approximate surface area is 211 Å². The molecule has 1 saturated heterocycles. The molecule has 0 radical (unpaired) electrons. The van der Waals surface area contributed by atoms with Crippen LogP contribution in [-0.2, 0) is 0 Å². The second kappa shape index (κ2) is 10.9. The van der Waals surface area contributed by atoms with Gasteiger partial charge < -0.3 is 14.8 Å². The van der Waals surface area contributed by atoms with Gasteiger partial charge in [0.05, 0.1) is 6.04 Å². The Morgan fingerprint density at radius 3 is 2.17 bits per heavy atom. The molecule has 2 aromatic heterocycles. The van der Waals surface area contributed by atoms with Gasteiger partial charge >= 0.3 is 0 Å². The SMILES string of the molecule is O=C(NC(c1ccccc1)c1ccncc1)c1cn(C2CCCCC2)cc(C(=O)N2CCCC2)c1=O. The van der Waals surface area contributed by atoms with Crippen LogP contribution < -0.4 is 10.7 Å². The van der Waals surface area contributed by atoms with Crippen LogP contribution in [0.2, 0.25) is 0 Å². The van der Waals surface area contributed by atoms with Crippen molar-refractivity contribution >= 4 is 11.8 Å². The fraction of sp³-hybridized carbons (Fsp3) is 0.379. The van der Waals surface area contributed by atoms with Crippen molar-refractivity contribution in [2.75, 3.05) is 13.1 Å². The van der Waals surface area contributed by atoms with E-state index in [0.717, 1.165) is 49.7 Å². The molecule has 2 amide bonds. The molecule has 0 spiro atoms. The second-order valence-corrected chi connectivity index (χ2v) is 9.75. The number of pyridine rings is 2. The van der Waals surface area contributed by atoms with E-state index in [1.807, 2.05) is 47.0 Å². The summed E-state index contributed by atoms with van der Waals surface area (Å²) in [5.41, 5.74) is 1.37. The Morgan fingerprint density at radius 2 is 1.47 bits per heavy atom. The highest BCUT2D eigenvalue weighted by atomic mass is 16.2. The zero-order chi connectivity index (χ0) is 24.9. The Kier molecular flexibility index (Phi) is 7.26. The molecule has 1 unspecified atom stereocenters. The highest BCUT2D eigenvalue weighted by molar-refractivity contribution is 5.99. The predicted octanol–water partition coefficient (Wildman–Crippen LogP) is 4.50. The fourth-order valence-corrected chi connectivity index (χ4v) is 5.36. The Hall–Kier alpha value is -3.74. The number of nitrogens with one attached hydrogen (secondary N) is 1. The van der Waals surface area contributed by atoms with Crippen molar-refractivity contribution in [1.82, 2.24) is 19.8 Å². The third-order valence-corrected chi connectivity index (χ3v) is 7.36. The van der Waals surface area contributed by atoms with E-state index < -0.39 is 17.4 Å². The zero-order valence-corrected chi connectivity index (χ0v) is 20.4. The molecule has 2 fully saturated rings. The van der Waals surface area contributed by atoms with Crippen LogP contribution in [0.3, 0.4) is 0 Å². The van der Waals surface area contributed by atoms with Gasteiger partial charge in [0.2, 0.25) is 5.43 Å². The molecule has 0 bridgehead atoms. The van der Waals surface area contributed by atoms with Crippen LogP contribution in [-0.4, -0.2) is 39.4 Å². The zero-order valence-electron chi connectivity index (χ0n) is 20.4. The lowest BCUT2D eigenvalue weighted by atomic mass is 9.94. The maximum Gasteiger partial charge on any atom is 0.259 e. The molecule has 1 atom stereocenters. The van der Waals surface area contributed by atoms with Gasteiger partial charge in [-0.1, -0.05) is 49.6 Å². The van der Waals surface area contributed by atoms with E-state index in [9.17, 15) is 14.4 Å². The minimum Gasteiger partial charge on any atom is -0.349 e. The number of hydrogen-bond acceptors (Lipinski definition) is 4. The number of carbonyl (C=O) groups is 2. The van der Waals surface area contributed by atoms with E-state index in [1.165, 1.54) is 6.42 Å². The van der Waals surface area contributed by atoms with Crippen molar-refractivity contribution < 1.29 is 9.59 Å². The summed E-state index contributed by atoms with van der Waals surface area (Å²) < 4.78 is 1.95. The predicted molar refractivity (Wildman–Crippen MR) is 138 cm³/mol. The number of rotatable bonds is 6. The lowest BCUT2D eigenvalue weighted by molar-refractivity contribution is 0.0790. The number of hydrogen-bond donors (Lipinski definition) is 1. The Balaban J connectivity index is 1.53. The van der Waals surface area contributed by atoms with Crippen LogP contribution in [0, 0.1) is 0 Å². The van der Waals surface area contributed by atoms with E-state index in [4.69, 9.17) is 0 Å². The van der Waals surface area contributed by atoms with Gasteiger partial charge in [0.15, 0.2) is 0 Å².